The number of likely N-dealkylation sites (tertiary alicyclic amines) is 2. The number of hydrogen-bond acceptors (Lipinski definition) is 10. The van der Waals surface area contributed by atoms with Crippen molar-refractivity contribution in [2.45, 2.75) is 204 Å². The molecule has 12 aliphatic rings. The predicted octanol–water partition coefficient (Wildman–Crippen LogP) is 9.05. The minimum atomic E-state index is -1.05. The summed E-state index contributed by atoms with van der Waals surface area (Å²) in [5.74, 6) is 2.39. The number of fused-ring (bicyclic) bond motifs is 2. The van der Waals surface area contributed by atoms with Gasteiger partial charge in [-0.1, -0.05) is 48.5 Å². The Morgan fingerprint density at radius 3 is 1.78 bits per heavy atom. The lowest BCUT2D eigenvalue weighted by Crippen LogP contribution is -2.83. The second-order valence-corrected chi connectivity index (χ2v) is 27.5. The fourth-order valence-corrected chi connectivity index (χ4v) is 18.9. The third kappa shape index (κ3) is 5.08. The number of rotatable bonds is 10. The van der Waals surface area contributed by atoms with Crippen LogP contribution in [0.3, 0.4) is 0 Å². The molecule has 10 nitrogen and oxygen atoms in total. The van der Waals surface area contributed by atoms with Crippen molar-refractivity contribution in [1.82, 2.24) is 9.80 Å². The zero-order valence-corrected chi connectivity index (χ0v) is 43.2. The molecule has 2 aromatic carbocycles. The van der Waals surface area contributed by atoms with Gasteiger partial charge in [0.1, 0.15) is 23.9 Å². The van der Waals surface area contributed by atoms with Gasteiger partial charge in [-0.3, -0.25) is 9.80 Å². The van der Waals surface area contributed by atoms with Crippen LogP contribution in [-0.4, -0.2) is 118 Å². The van der Waals surface area contributed by atoms with E-state index in [-0.39, 0.29) is 57.8 Å². The molecule has 4 N–H and O–H groups in total. The molecule has 8 fully saturated rings. The van der Waals surface area contributed by atoms with Crippen molar-refractivity contribution in [3.63, 3.8) is 0 Å². The van der Waals surface area contributed by atoms with E-state index in [4.69, 9.17) is 18.9 Å². The number of hydrogen-bond donors (Lipinski definition) is 4. The molecule has 2 aromatic rings. The number of nitrogens with zero attached hydrogens (tertiary/aromatic N) is 2. The highest BCUT2D eigenvalue weighted by molar-refractivity contribution is 5.86. The van der Waals surface area contributed by atoms with Crippen LogP contribution < -0.4 is 9.47 Å². The van der Waals surface area contributed by atoms with Crippen molar-refractivity contribution >= 4 is 0 Å². The molecule has 0 aromatic heterocycles. The van der Waals surface area contributed by atoms with Crippen molar-refractivity contribution in [3.8, 4) is 34.1 Å². The lowest BCUT2D eigenvalue weighted by atomic mass is 9.33. The molecule has 0 unspecified atom stereocenters. The molecule has 0 radical (unpaired) electrons. The van der Waals surface area contributed by atoms with Gasteiger partial charge in [-0.05, 0) is 162 Å². The quantitative estimate of drug-likeness (QED) is 0.184. The van der Waals surface area contributed by atoms with Gasteiger partial charge in [0.25, 0.3) is 0 Å². The van der Waals surface area contributed by atoms with E-state index in [0.717, 1.165) is 101 Å². The summed E-state index contributed by atoms with van der Waals surface area (Å²) < 4.78 is 28.5. The highest BCUT2D eigenvalue weighted by atomic mass is 16.6. The van der Waals surface area contributed by atoms with Crippen LogP contribution in [0.15, 0.2) is 12.1 Å². The van der Waals surface area contributed by atoms with Gasteiger partial charge in [0.15, 0.2) is 23.0 Å². The van der Waals surface area contributed by atoms with E-state index in [1.165, 1.54) is 42.4 Å². The molecule has 0 amide bonds. The Hall–Kier alpha value is -2.60. The third-order valence-corrected chi connectivity index (χ3v) is 23.6. The number of aromatic hydroxyl groups is 2. The fraction of sp³-hybridized carbons (Fsp3) is 0.793. The van der Waals surface area contributed by atoms with Crippen molar-refractivity contribution in [1.29, 1.82) is 0 Å². The number of ether oxygens (including phenoxy) is 4. The minimum absolute atomic E-state index is 0.0824. The van der Waals surface area contributed by atoms with E-state index in [1.54, 1.807) is 7.11 Å². The minimum Gasteiger partial charge on any atom is -0.504 e. The molecule has 3 spiro atoms. The van der Waals surface area contributed by atoms with Gasteiger partial charge in [-0.2, -0.15) is 0 Å². The summed E-state index contributed by atoms with van der Waals surface area (Å²) in [6.07, 6.45) is 12.0. The maximum Gasteiger partial charge on any atom is 0.166 e. The average Bonchev–Trinajstić information content (AvgIpc) is 4.22. The van der Waals surface area contributed by atoms with Crippen molar-refractivity contribution in [2.24, 2.45) is 45.3 Å². The zero-order valence-electron chi connectivity index (χ0n) is 43.2. The molecule has 14 atom stereocenters. The molecule has 4 heterocycles. The van der Waals surface area contributed by atoms with Gasteiger partial charge in [0.2, 0.25) is 0 Å². The maximum absolute atomic E-state index is 13.1. The molecule has 2 saturated heterocycles. The van der Waals surface area contributed by atoms with E-state index in [2.05, 4.69) is 70.4 Å². The van der Waals surface area contributed by atoms with E-state index >= 15 is 0 Å². The summed E-state index contributed by atoms with van der Waals surface area (Å²) >= 11 is 0. The van der Waals surface area contributed by atoms with Crippen molar-refractivity contribution in [3.05, 3.63) is 34.4 Å². The van der Waals surface area contributed by atoms with Gasteiger partial charge in [-0.15, -0.1) is 0 Å². The molecule has 10 heteroatoms. The van der Waals surface area contributed by atoms with Crippen LogP contribution in [0.25, 0.3) is 11.1 Å². The lowest BCUT2D eigenvalue weighted by Gasteiger charge is -2.75. The zero-order chi connectivity index (χ0) is 47.9. The van der Waals surface area contributed by atoms with Crippen LogP contribution in [-0.2, 0) is 33.1 Å². The van der Waals surface area contributed by atoms with Gasteiger partial charge in [-0.25, -0.2) is 0 Å². The normalized spacial score (nSPS) is 42.5. The summed E-state index contributed by atoms with van der Waals surface area (Å²) in [4.78, 5) is 5.64. The lowest BCUT2D eigenvalue weighted by molar-refractivity contribution is -0.312. The first kappa shape index (κ1) is 45.3. The summed E-state index contributed by atoms with van der Waals surface area (Å²) in [7, 11) is 3.62. The number of phenolic OH excluding ortho intramolecular Hbond substituents is 2. The predicted molar refractivity (Wildman–Crippen MR) is 262 cm³/mol. The summed E-state index contributed by atoms with van der Waals surface area (Å²) in [6.45, 7) is 23.5. The maximum atomic E-state index is 13.1. The number of aliphatic hydroxyl groups is 2. The van der Waals surface area contributed by atoms with E-state index < -0.39 is 45.3 Å². The van der Waals surface area contributed by atoms with Gasteiger partial charge in [0, 0.05) is 89.7 Å². The van der Waals surface area contributed by atoms with Crippen LogP contribution in [0.2, 0.25) is 0 Å². The Morgan fingerprint density at radius 1 is 0.691 bits per heavy atom. The Labute approximate surface area is 405 Å². The number of piperidine rings is 2. The Balaban J connectivity index is 0.999. The second-order valence-electron chi connectivity index (χ2n) is 27.5. The molecule has 372 valence electrons. The Morgan fingerprint density at radius 2 is 1.24 bits per heavy atom. The van der Waals surface area contributed by atoms with Crippen LogP contribution >= 0.6 is 0 Å². The Kier molecular flexibility index (Phi) is 9.13. The standard InChI is InChI=1S/C58H82N2O8/c1-12-54-27-37(52(8,63)50(2,3)4)45(65-10)48-56(54)19-21-59(29-31-13-14-31)39(54)25-33-23-35(43(61)46(67-48)41(33)56)36-24-34-26-40-55-17-18-58(66-11,38(28-55)53(9,64)51(5,6)7)49-57(55,42(34)47(68-49)44(36)62)20-22-60(40)30-32-15-16-32/h23-24,31-32,37-40,45,48-49,61-64H,12-22,25-30H2,1-11H3/t37-,38+,39+,40+,45+,48-,49+,52-,53-,54+,55+,56-,57-,58-/m0/s1. The molecule has 68 heavy (non-hydrogen) atoms. The molecular formula is C58H82N2O8. The second kappa shape index (κ2) is 13.7. The van der Waals surface area contributed by atoms with Crippen LogP contribution in [0.1, 0.15) is 155 Å². The third-order valence-electron chi connectivity index (χ3n) is 23.6. The number of benzene rings is 2. The van der Waals surface area contributed by atoms with Gasteiger partial charge in [0.05, 0.1) is 11.2 Å². The van der Waals surface area contributed by atoms with E-state index in [0.29, 0.717) is 22.6 Å². The van der Waals surface area contributed by atoms with Gasteiger partial charge >= 0.3 is 0 Å². The Bertz CT molecular complexity index is 2480. The van der Waals surface area contributed by atoms with Crippen LogP contribution in [0.4, 0.5) is 0 Å². The number of methoxy groups -OCH3 is 2. The first-order valence-corrected chi connectivity index (χ1v) is 27.2. The molecule has 6 bridgehead atoms. The smallest absolute Gasteiger partial charge is 0.166 e. The number of phenols is 2. The van der Waals surface area contributed by atoms with E-state index in [1.807, 2.05) is 21.0 Å². The molecular weight excluding hydrogens is 853 g/mol. The van der Waals surface area contributed by atoms with Crippen LogP contribution in [0.5, 0.6) is 23.0 Å². The van der Waals surface area contributed by atoms with Crippen molar-refractivity contribution < 1.29 is 39.4 Å². The van der Waals surface area contributed by atoms with Gasteiger partial charge < -0.3 is 39.4 Å². The van der Waals surface area contributed by atoms with E-state index in [9.17, 15) is 20.4 Å². The molecule has 6 saturated carbocycles. The first-order chi connectivity index (χ1) is 32.0. The SMILES string of the molecule is CC[C@]12C[C@H]([C@](C)(O)C(C)(C)C)[C@@H](OC)[C@@H]3Oc4c(O)c(-c5cc6c7c(c5O)O[C@H]5[C@]8(OC)CC[C@@]9(C[C@@H]8[C@](C)(O)C(C)(C)C)[C@@H](C6)N(CC6CC6)CC[C@]759)cc5c4[C@@]31CCN(CC1CC1)[C@@H]2C5. The topological polar surface area (TPSA) is 124 Å². The van der Waals surface area contributed by atoms with Crippen molar-refractivity contribution in [2.75, 3.05) is 40.4 Å². The highest BCUT2D eigenvalue weighted by Crippen LogP contribution is 2.79. The summed E-state index contributed by atoms with van der Waals surface area (Å²) in [6, 6.07) is 4.95. The largest absolute Gasteiger partial charge is 0.504 e. The highest BCUT2D eigenvalue weighted by Gasteiger charge is 2.83. The fourth-order valence-electron chi connectivity index (χ4n) is 18.9. The molecule has 14 rings (SSSR count). The molecule has 8 aliphatic carbocycles. The summed E-state index contributed by atoms with van der Waals surface area (Å²) in [5, 5.41) is 51.8. The van der Waals surface area contributed by atoms with Crippen LogP contribution in [0, 0.1) is 45.3 Å². The average molecular weight is 935 g/mol. The monoisotopic (exact) mass is 935 g/mol. The molecule has 4 aliphatic heterocycles. The first-order valence-electron chi connectivity index (χ1n) is 27.2. The summed E-state index contributed by atoms with van der Waals surface area (Å²) in [5.41, 5.74) is 1.14.